The molecule has 7 nitrogen and oxygen atoms in total. The van der Waals surface area contributed by atoms with E-state index in [4.69, 9.17) is 9.26 Å². The smallest absolute Gasteiger partial charge is 0.324 e. The van der Waals surface area contributed by atoms with Gasteiger partial charge in [-0.3, -0.25) is 4.79 Å². The fraction of sp³-hybridized carbons (Fsp3) is 0.667. The van der Waals surface area contributed by atoms with Gasteiger partial charge in [-0.05, 0) is 68.9 Å². The molecule has 1 aromatic carbocycles. The Hall–Kier alpha value is -2.64. The average Bonchev–Trinajstić information content (AvgIpc) is 3.44. The molecule has 1 saturated heterocycles. The Morgan fingerprint density at radius 2 is 2.00 bits per heavy atom. The van der Waals surface area contributed by atoms with Crippen LogP contribution in [0, 0.1) is 23.6 Å². The zero-order valence-corrected chi connectivity index (χ0v) is 21.5. The summed E-state index contributed by atoms with van der Waals surface area (Å²) in [5.74, 6) is 3.35. The Morgan fingerprint density at radius 3 is 2.63 bits per heavy atom. The lowest BCUT2D eigenvalue weighted by molar-refractivity contribution is -0.130. The van der Waals surface area contributed by atoms with Gasteiger partial charge in [0.1, 0.15) is 11.6 Å². The van der Waals surface area contributed by atoms with E-state index in [0.717, 1.165) is 50.0 Å². The van der Waals surface area contributed by atoms with Gasteiger partial charge in [-0.2, -0.15) is 4.98 Å². The van der Waals surface area contributed by atoms with E-state index in [2.05, 4.69) is 28.9 Å². The third-order valence-corrected chi connectivity index (χ3v) is 7.58. The van der Waals surface area contributed by atoms with Gasteiger partial charge in [-0.25, -0.2) is 4.39 Å². The first-order chi connectivity index (χ1) is 16.9. The second-order valence-corrected chi connectivity index (χ2v) is 10.2. The molecule has 8 heteroatoms. The average molecular weight is 487 g/mol. The number of piperidine rings is 1. The van der Waals surface area contributed by atoms with Crippen molar-refractivity contribution in [3.8, 4) is 5.75 Å². The number of carbonyl (C=O) groups is 1. The van der Waals surface area contributed by atoms with E-state index in [1.807, 2.05) is 13.8 Å². The Bertz CT molecular complexity index is 983. The number of amides is 1. The largest absolute Gasteiger partial charge is 0.493 e. The van der Waals surface area contributed by atoms with Crippen LogP contribution in [0.2, 0.25) is 0 Å². The number of aromatic nitrogens is 2. The maximum absolute atomic E-state index is 14.5. The predicted octanol–water partition coefficient (Wildman–Crippen LogP) is 5.06. The number of hydrogen-bond donors (Lipinski definition) is 0. The lowest BCUT2D eigenvalue weighted by Gasteiger charge is -2.30. The molecule has 2 heterocycles. The molecule has 1 unspecified atom stereocenters. The van der Waals surface area contributed by atoms with Crippen LogP contribution in [0.5, 0.6) is 5.75 Å². The van der Waals surface area contributed by atoms with E-state index < -0.39 is 0 Å². The van der Waals surface area contributed by atoms with E-state index >= 15 is 0 Å². The summed E-state index contributed by atoms with van der Waals surface area (Å²) in [4.78, 5) is 20.7. The Balaban J connectivity index is 1.17. The van der Waals surface area contributed by atoms with Crippen molar-refractivity contribution >= 4 is 11.9 Å². The zero-order chi connectivity index (χ0) is 24.9. The van der Waals surface area contributed by atoms with Gasteiger partial charge >= 0.3 is 6.01 Å². The van der Waals surface area contributed by atoms with Crippen LogP contribution in [0.15, 0.2) is 22.7 Å². The van der Waals surface area contributed by atoms with Crippen molar-refractivity contribution in [1.29, 1.82) is 0 Å². The summed E-state index contributed by atoms with van der Waals surface area (Å²) in [5.41, 5.74) is 0.420. The highest BCUT2D eigenvalue weighted by Gasteiger charge is 2.43. The maximum atomic E-state index is 14.5. The Labute approximate surface area is 208 Å². The van der Waals surface area contributed by atoms with Crippen molar-refractivity contribution in [3.63, 3.8) is 0 Å². The molecular weight excluding hydrogens is 447 g/mol. The highest BCUT2D eigenvalue weighted by atomic mass is 19.1. The van der Waals surface area contributed by atoms with Crippen LogP contribution >= 0.6 is 0 Å². The van der Waals surface area contributed by atoms with Crippen molar-refractivity contribution in [2.24, 2.45) is 17.8 Å². The van der Waals surface area contributed by atoms with Gasteiger partial charge in [-0.15, -0.1) is 0 Å². The number of rotatable bonds is 11. The normalized spacial score (nSPS) is 20.3. The molecule has 0 bridgehead atoms. The summed E-state index contributed by atoms with van der Waals surface area (Å²) in [6.07, 6.45) is 4.64. The molecule has 2 aliphatic rings. The molecule has 1 aromatic heterocycles. The SMILES string of the molecule is CCN(CC)C(=O)Cc1ccc(OCCC2C[C@@H]2C2CCN(c3nc(C(C)C)no3)CC2)cc1F. The summed E-state index contributed by atoms with van der Waals surface area (Å²) >= 11 is 0. The second kappa shape index (κ2) is 11.4. The third-order valence-electron chi connectivity index (χ3n) is 7.58. The van der Waals surface area contributed by atoms with E-state index in [1.54, 1.807) is 17.0 Å². The van der Waals surface area contributed by atoms with E-state index in [0.29, 0.717) is 42.9 Å². The molecule has 1 aliphatic carbocycles. The van der Waals surface area contributed by atoms with Crippen LogP contribution in [0.1, 0.15) is 70.7 Å². The summed E-state index contributed by atoms with van der Waals surface area (Å²) < 4.78 is 25.8. The summed E-state index contributed by atoms with van der Waals surface area (Å²) in [7, 11) is 0. The minimum absolute atomic E-state index is 0.0504. The summed E-state index contributed by atoms with van der Waals surface area (Å²) in [6.45, 7) is 11.8. The summed E-state index contributed by atoms with van der Waals surface area (Å²) in [6, 6.07) is 5.51. The number of hydrogen-bond acceptors (Lipinski definition) is 6. The lowest BCUT2D eigenvalue weighted by atomic mass is 9.90. The maximum Gasteiger partial charge on any atom is 0.324 e. The van der Waals surface area contributed by atoms with E-state index in [-0.39, 0.29) is 24.1 Å². The molecule has 1 saturated carbocycles. The van der Waals surface area contributed by atoms with Gasteiger partial charge in [0.25, 0.3) is 0 Å². The minimum Gasteiger partial charge on any atom is -0.493 e. The molecule has 0 N–H and O–H groups in total. The van der Waals surface area contributed by atoms with E-state index in [9.17, 15) is 9.18 Å². The van der Waals surface area contributed by atoms with E-state index in [1.165, 1.54) is 12.5 Å². The third kappa shape index (κ3) is 6.33. The number of anilines is 1. The van der Waals surface area contributed by atoms with Crippen molar-refractivity contribution < 1.29 is 18.4 Å². The number of nitrogens with zero attached hydrogens (tertiary/aromatic N) is 4. The molecule has 2 fully saturated rings. The minimum atomic E-state index is -0.374. The van der Waals surface area contributed by atoms with Crippen LogP contribution in [0.4, 0.5) is 10.4 Å². The van der Waals surface area contributed by atoms with Crippen molar-refractivity contribution in [2.75, 3.05) is 37.7 Å². The molecule has 192 valence electrons. The fourth-order valence-electron chi connectivity index (χ4n) is 5.23. The number of benzene rings is 1. The Morgan fingerprint density at radius 1 is 1.26 bits per heavy atom. The highest BCUT2D eigenvalue weighted by molar-refractivity contribution is 5.78. The highest BCUT2D eigenvalue weighted by Crippen LogP contribution is 2.50. The van der Waals surface area contributed by atoms with Crippen molar-refractivity contribution in [2.45, 2.75) is 65.7 Å². The number of likely N-dealkylation sites (N-methyl/N-ethyl adjacent to an activating group) is 1. The first-order valence-corrected chi connectivity index (χ1v) is 13.2. The molecular formula is C27H39FN4O3. The van der Waals surface area contributed by atoms with Crippen molar-refractivity contribution in [3.05, 3.63) is 35.4 Å². The topological polar surface area (TPSA) is 71.7 Å². The monoisotopic (exact) mass is 486 g/mol. The number of carbonyl (C=O) groups excluding carboxylic acids is 1. The predicted molar refractivity (Wildman–Crippen MR) is 133 cm³/mol. The molecule has 0 spiro atoms. The summed E-state index contributed by atoms with van der Waals surface area (Å²) in [5, 5.41) is 4.08. The first kappa shape index (κ1) is 25.5. The lowest BCUT2D eigenvalue weighted by Crippen LogP contribution is -2.34. The van der Waals surface area contributed by atoms with Gasteiger partial charge in [0.05, 0.1) is 13.0 Å². The van der Waals surface area contributed by atoms with Crippen LogP contribution in [-0.2, 0) is 11.2 Å². The molecule has 0 radical (unpaired) electrons. The zero-order valence-electron chi connectivity index (χ0n) is 21.5. The fourth-order valence-corrected chi connectivity index (χ4v) is 5.23. The van der Waals surface area contributed by atoms with Gasteiger partial charge in [0, 0.05) is 38.2 Å². The van der Waals surface area contributed by atoms with Crippen LogP contribution in [0.25, 0.3) is 0 Å². The standard InChI is InChI=1S/C27H39FN4O3/c1-5-31(6-2)25(33)16-21-7-8-22(17-24(21)28)34-14-11-20-15-23(20)19-9-12-32(13-10-19)27-29-26(18(3)4)30-35-27/h7-8,17-20,23H,5-6,9-16H2,1-4H3/t20?,23-/m1/s1. The molecule has 2 aromatic rings. The molecule has 4 rings (SSSR count). The van der Waals surface area contributed by atoms with Crippen LogP contribution in [0.3, 0.4) is 0 Å². The van der Waals surface area contributed by atoms with Crippen molar-refractivity contribution in [1.82, 2.24) is 15.0 Å². The number of ether oxygens (including phenoxy) is 1. The van der Waals surface area contributed by atoms with Crippen LogP contribution < -0.4 is 9.64 Å². The molecule has 1 aliphatic heterocycles. The van der Waals surface area contributed by atoms with Gasteiger partial charge in [0.15, 0.2) is 5.82 Å². The molecule has 1 amide bonds. The van der Waals surface area contributed by atoms with Gasteiger partial charge < -0.3 is 19.1 Å². The van der Waals surface area contributed by atoms with Gasteiger partial charge in [-0.1, -0.05) is 25.1 Å². The van der Waals surface area contributed by atoms with Gasteiger partial charge in [0.2, 0.25) is 5.91 Å². The van der Waals surface area contributed by atoms with Crippen LogP contribution in [-0.4, -0.2) is 53.7 Å². The number of halogens is 1. The molecule has 2 atom stereocenters. The quantitative estimate of drug-likeness (QED) is 0.442. The molecule has 35 heavy (non-hydrogen) atoms. The first-order valence-electron chi connectivity index (χ1n) is 13.2. The Kier molecular flexibility index (Phi) is 8.29. The second-order valence-electron chi connectivity index (χ2n) is 10.2.